The van der Waals surface area contributed by atoms with Gasteiger partial charge in [0.15, 0.2) is 0 Å². The van der Waals surface area contributed by atoms with E-state index in [0.717, 1.165) is 38.5 Å². The summed E-state index contributed by atoms with van der Waals surface area (Å²) in [6.45, 7) is 2.69. The number of fused-ring (bicyclic) bond motifs is 1. The Morgan fingerprint density at radius 1 is 1.22 bits per heavy atom. The summed E-state index contributed by atoms with van der Waals surface area (Å²) < 4.78 is 0. The van der Waals surface area contributed by atoms with Gasteiger partial charge in [0, 0.05) is 13.2 Å². The Morgan fingerprint density at radius 3 is 2.28 bits per heavy atom. The summed E-state index contributed by atoms with van der Waals surface area (Å²) in [5, 5.41) is 8.95. The van der Waals surface area contributed by atoms with Crippen molar-refractivity contribution in [3.8, 4) is 0 Å². The van der Waals surface area contributed by atoms with Crippen molar-refractivity contribution in [3.63, 3.8) is 0 Å². The number of likely N-dealkylation sites (tertiary alicyclic amines) is 1. The average Bonchev–Trinajstić information content (AvgIpc) is 2.64. The van der Waals surface area contributed by atoms with Crippen LogP contribution < -0.4 is 0 Å². The lowest BCUT2D eigenvalue weighted by Gasteiger charge is -2.19. The quantitative estimate of drug-likeness (QED) is 0.757. The first kappa shape index (κ1) is 13.5. The molecule has 4 heteroatoms. The molecule has 0 bridgehead atoms. The molecule has 3 atom stereocenters. The van der Waals surface area contributed by atoms with E-state index in [1.807, 2.05) is 6.92 Å². The van der Waals surface area contributed by atoms with Gasteiger partial charge in [-0.1, -0.05) is 19.8 Å². The minimum atomic E-state index is -0.0264. The number of hydrogen-bond acceptors (Lipinski definition) is 3. The molecule has 0 spiro atoms. The van der Waals surface area contributed by atoms with Crippen molar-refractivity contribution in [2.75, 3.05) is 13.2 Å². The van der Waals surface area contributed by atoms with Gasteiger partial charge in [-0.05, 0) is 31.6 Å². The van der Waals surface area contributed by atoms with Gasteiger partial charge in [0.1, 0.15) is 0 Å². The summed E-state index contributed by atoms with van der Waals surface area (Å²) >= 11 is 0. The number of aliphatic hydroxyl groups is 1. The SMILES string of the molecule is CC(CO)CCCN1C(=O)C2CCCCC2C1=O. The Balaban J connectivity index is 1.89. The normalized spacial score (nSPS) is 29.6. The van der Waals surface area contributed by atoms with E-state index in [1.54, 1.807) is 0 Å². The van der Waals surface area contributed by atoms with Gasteiger partial charge in [-0.15, -0.1) is 0 Å². The highest BCUT2D eigenvalue weighted by Gasteiger charge is 2.47. The van der Waals surface area contributed by atoms with Gasteiger partial charge in [-0.3, -0.25) is 14.5 Å². The zero-order chi connectivity index (χ0) is 13.1. The van der Waals surface area contributed by atoms with Crippen molar-refractivity contribution in [2.24, 2.45) is 17.8 Å². The molecule has 2 rings (SSSR count). The molecule has 0 aromatic heterocycles. The molecule has 1 saturated carbocycles. The van der Waals surface area contributed by atoms with Gasteiger partial charge in [0.25, 0.3) is 0 Å². The molecular formula is C14H23NO3. The number of carbonyl (C=O) groups is 2. The standard InChI is InChI=1S/C14H23NO3/c1-10(9-16)5-4-8-15-13(17)11-6-2-3-7-12(11)14(15)18/h10-12,16H,2-9H2,1H3. The maximum atomic E-state index is 12.2. The maximum Gasteiger partial charge on any atom is 0.233 e. The van der Waals surface area contributed by atoms with Crippen molar-refractivity contribution in [1.29, 1.82) is 0 Å². The highest BCUT2D eigenvalue weighted by Crippen LogP contribution is 2.38. The Hall–Kier alpha value is -0.900. The third-order valence-electron chi connectivity index (χ3n) is 4.32. The first-order valence-corrected chi connectivity index (χ1v) is 7.11. The van der Waals surface area contributed by atoms with Gasteiger partial charge in [0.2, 0.25) is 11.8 Å². The van der Waals surface area contributed by atoms with Crippen LogP contribution in [0, 0.1) is 17.8 Å². The highest BCUT2D eigenvalue weighted by molar-refractivity contribution is 6.05. The van der Waals surface area contributed by atoms with Crippen molar-refractivity contribution in [2.45, 2.75) is 45.4 Å². The second kappa shape index (κ2) is 5.83. The van der Waals surface area contributed by atoms with Crippen LogP contribution in [0.2, 0.25) is 0 Å². The van der Waals surface area contributed by atoms with E-state index in [0.29, 0.717) is 6.54 Å². The Labute approximate surface area is 108 Å². The van der Waals surface area contributed by atoms with E-state index in [4.69, 9.17) is 5.11 Å². The van der Waals surface area contributed by atoms with Crippen molar-refractivity contribution in [3.05, 3.63) is 0 Å². The van der Waals surface area contributed by atoms with Crippen molar-refractivity contribution < 1.29 is 14.7 Å². The van der Waals surface area contributed by atoms with E-state index in [1.165, 1.54) is 4.90 Å². The molecule has 18 heavy (non-hydrogen) atoms. The molecule has 1 saturated heterocycles. The Morgan fingerprint density at radius 2 is 1.78 bits per heavy atom. The lowest BCUT2D eigenvalue weighted by Crippen LogP contribution is -2.32. The lowest BCUT2D eigenvalue weighted by atomic mass is 9.81. The monoisotopic (exact) mass is 253 g/mol. The first-order valence-electron chi connectivity index (χ1n) is 7.11. The molecule has 3 unspecified atom stereocenters. The van der Waals surface area contributed by atoms with Gasteiger partial charge in [-0.2, -0.15) is 0 Å². The minimum Gasteiger partial charge on any atom is -0.396 e. The molecule has 2 amide bonds. The van der Waals surface area contributed by atoms with Crippen LogP contribution in [0.25, 0.3) is 0 Å². The summed E-state index contributed by atoms with van der Waals surface area (Å²) in [5.74, 6) is 0.311. The largest absolute Gasteiger partial charge is 0.396 e. The van der Waals surface area contributed by atoms with Gasteiger partial charge in [-0.25, -0.2) is 0 Å². The molecule has 2 fully saturated rings. The van der Waals surface area contributed by atoms with Gasteiger partial charge < -0.3 is 5.11 Å². The molecule has 1 aliphatic heterocycles. The van der Waals surface area contributed by atoms with Crippen LogP contribution in [0.15, 0.2) is 0 Å². The second-order valence-corrected chi connectivity index (χ2v) is 5.76. The molecule has 0 radical (unpaired) electrons. The smallest absolute Gasteiger partial charge is 0.233 e. The molecule has 102 valence electrons. The van der Waals surface area contributed by atoms with Crippen LogP contribution in [0.4, 0.5) is 0 Å². The predicted molar refractivity (Wildman–Crippen MR) is 67.7 cm³/mol. The number of imide groups is 1. The number of hydrogen-bond donors (Lipinski definition) is 1. The van der Waals surface area contributed by atoms with Crippen molar-refractivity contribution >= 4 is 11.8 Å². The van der Waals surface area contributed by atoms with Crippen LogP contribution in [-0.4, -0.2) is 35.0 Å². The van der Waals surface area contributed by atoms with Crippen LogP contribution in [-0.2, 0) is 9.59 Å². The number of amides is 2. The number of carbonyl (C=O) groups excluding carboxylic acids is 2. The Kier molecular flexibility index (Phi) is 4.38. The van der Waals surface area contributed by atoms with E-state index >= 15 is 0 Å². The number of rotatable bonds is 5. The second-order valence-electron chi connectivity index (χ2n) is 5.76. The fraction of sp³-hybridized carbons (Fsp3) is 0.857. The Bertz CT molecular complexity index is 305. The molecule has 1 aliphatic carbocycles. The van der Waals surface area contributed by atoms with Gasteiger partial charge in [0.05, 0.1) is 11.8 Å². The van der Waals surface area contributed by atoms with E-state index in [2.05, 4.69) is 0 Å². The summed E-state index contributed by atoms with van der Waals surface area (Å²) in [6.07, 6.45) is 5.60. The van der Waals surface area contributed by atoms with Crippen LogP contribution in [0.5, 0.6) is 0 Å². The molecule has 0 aromatic carbocycles. The molecule has 4 nitrogen and oxygen atoms in total. The molecule has 0 aromatic rings. The predicted octanol–water partition coefficient (Wildman–Crippen LogP) is 1.57. The van der Waals surface area contributed by atoms with Crippen LogP contribution in [0.1, 0.15) is 45.4 Å². The third kappa shape index (κ3) is 2.58. The maximum absolute atomic E-state index is 12.2. The third-order valence-corrected chi connectivity index (χ3v) is 4.32. The lowest BCUT2D eigenvalue weighted by molar-refractivity contribution is -0.140. The summed E-state index contributed by atoms with van der Waals surface area (Å²) in [7, 11) is 0. The minimum absolute atomic E-state index is 0.0264. The van der Waals surface area contributed by atoms with Crippen LogP contribution >= 0.6 is 0 Å². The highest BCUT2D eigenvalue weighted by atomic mass is 16.3. The van der Waals surface area contributed by atoms with Gasteiger partial charge >= 0.3 is 0 Å². The molecule has 2 aliphatic rings. The first-order chi connectivity index (χ1) is 8.65. The molecule has 1 heterocycles. The molecular weight excluding hydrogens is 230 g/mol. The molecule has 1 N–H and O–H groups in total. The average molecular weight is 253 g/mol. The van der Waals surface area contributed by atoms with E-state index in [9.17, 15) is 9.59 Å². The zero-order valence-corrected chi connectivity index (χ0v) is 11.1. The topological polar surface area (TPSA) is 57.6 Å². The van der Waals surface area contributed by atoms with Crippen molar-refractivity contribution in [1.82, 2.24) is 4.90 Å². The van der Waals surface area contributed by atoms with E-state index in [-0.39, 0.29) is 36.2 Å². The summed E-state index contributed by atoms with van der Waals surface area (Å²) in [5.41, 5.74) is 0. The zero-order valence-electron chi connectivity index (χ0n) is 11.1. The fourth-order valence-corrected chi connectivity index (χ4v) is 3.14. The summed E-state index contributed by atoms with van der Waals surface area (Å²) in [6, 6.07) is 0. The van der Waals surface area contributed by atoms with Crippen LogP contribution in [0.3, 0.4) is 0 Å². The summed E-state index contributed by atoms with van der Waals surface area (Å²) in [4.78, 5) is 25.8. The van der Waals surface area contributed by atoms with E-state index < -0.39 is 0 Å². The fourth-order valence-electron chi connectivity index (χ4n) is 3.14. The number of nitrogens with zero attached hydrogens (tertiary/aromatic N) is 1. The number of aliphatic hydroxyl groups excluding tert-OH is 1.